The minimum Gasteiger partial charge on any atom is -0.444 e. The summed E-state index contributed by atoms with van der Waals surface area (Å²) in [6, 6.07) is 18.1. The number of carbonyl (C=O) groups is 2. The van der Waals surface area contributed by atoms with Gasteiger partial charge in [-0.05, 0) is 69.7 Å². The highest BCUT2D eigenvalue weighted by atomic mass is 32.2. The van der Waals surface area contributed by atoms with Gasteiger partial charge in [0.05, 0.1) is 24.2 Å². The lowest BCUT2D eigenvalue weighted by molar-refractivity contribution is -0.0229. The molecule has 13 heteroatoms. The summed E-state index contributed by atoms with van der Waals surface area (Å²) in [6.45, 7) is 11.2. The Labute approximate surface area is 278 Å². The molecule has 1 aliphatic rings. The Bertz CT molecular complexity index is 2160. The summed E-state index contributed by atoms with van der Waals surface area (Å²) < 4.78 is 37.2. The molecule has 0 radical (unpaired) electrons. The van der Waals surface area contributed by atoms with Crippen LogP contribution in [0.25, 0.3) is 38.7 Å². The van der Waals surface area contributed by atoms with E-state index in [0.717, 1.165) is 33.2 Å². The molecule has 0 unspecified atom stereocenters. The van der Waals surface area contributed by atoms with Crippen LogP contribution in [0.1, 0.15) is 47.1 Å². The molecule has 1 saturated heterocycles. The molecule has 6 rings (SSSR count). The fourth-order valence-corrected chi connectivity index (χ4v) is 6.59. The van der Waals surface area contributed by atoms with Gasteiger partial charge in [0.15, 0.2) is 5.65 Å². The third kappa shape index (κ3) is 6.56. The van der Waals surface area contributed by atoms with Gasteiger partial charge in [-0.15, -0.1) is 0 Å². The summed E-state index contributed by atoms with van der Waals surface area (Å²) >= 11 is 0. The molecule has 3 N–H and O–H groups in total. The van der Waals surface area contributed by atoms with Crippen LogP contribution in [0.4, 0.5) is 9.59 Å². The molecule has 5 aromatic rings. The van der Waals surface area contributed by atoms with Gasteiger partial charge in [0.2, 0.25) is 10.0 Å². The first kappa shape index (κ1) is 32.9. The van der Waals surface area contributed by atoms with E-state index >= 15 is 0 Å². The predicted octanol–water partition coefficient (Wildman–Crippen LogP) is 5.83. The first-order chi connectivity index (χ1) is 22.4. The molecular formula is C35H38N6O6S. The average molecular weight is 671 g/mol. The molecule has 0 bridgehead atoms. The van der Waals surface area contributed by atoms with Crippen LogP contribution in [0.2, 0.25) is 0 Å². The summed E-state index contributed by atoms with van der Waals surface area (Å²) in [5, 5.41) is 14.3. The van der Waals surface area contributed by atoms with Crippen molar-refractivity contribution >= 4 is 38.6 Å². The van der Waals surface area contributed by atoms with Crippen molar-refractivity contribution in [2.75, 3.05) is 13.1 Å². The molecule has 48 heavy (non-hydrogen) atoms. The van der Waals surface area contributed by atoms with Gasteiger partial charge in [0, 0.05) is 28.9 Å². The number of hydrogen-bond acceptors (Lipinski definition) is 8. The van der Waals surface area contributed by atoms with Crippen molar-refractivity contribution in [1.82, 2.24) is 24.8 Å². The molecule has 1 fully saturated rings. The van der Waals surface area contributed by atoms with E-state index in [0.29, 0.717) is 11.0 Å². The number of alkyl carbamates (subject to hydrolysis) is 1. The third-order valence-electron chi connectivity index (χ3n) is 7.92. The van der Waals surface area contributed by atoms with Crippen molar-refractivity contribution in [2.45, 2.75) is 63.2 Å². The van der Waals surface area contributed by atoms with Gasteiger partial charge < -0.3 is 19.7 Å². The molecule has 2 amide bonds. The van der Waals surface area contributed by atoms with Gasteiger partial charge in [-0.2, -0.15) is 5.10 Å². The Hall–Kier alpha value is -5.01. The largest absolute Gasteiger partial charge is 0.444 e. The van der Waals surface area contributed by atoms with Gasteiger partial charge >= 0.3 is 12.2 Å². The maximum absolute atomic E-state index is 12.9. The number of amides is 2. The monoisotopic (exact) mass is 670 g/mol. The summed E-state index contributed by atoms with van der Waals surface area (Å²) in [6.07, 6.45) is 4.29. The second kappa shape index (κ2) is 11.6. The zero-order valence-electron chi connectivity index (χ0n) is 27.6. The van der Waals surface area contributed by atoms with Crippen LogP contribution in [-0.4, -0.2) is 64.4 Å². The highest BCUT2D eigenvalue weighted by Gasteiger charge is 2.49. The highest BCUT2D eigenvalue weighted by molar-refractivity contribution is 7.89. The molecular weight excluding hydrogens is 632 g/mol. The quantitative estimate of drug-likeness (QED) is 0.236. The maximum atomic E-state index is 12.9. The summed E-state index contributed by atoms with van der Waals surface area (Å²) in [5.41, 5.74) is 2.39. The molecule has 2 aromatic heterocycles. The zero-order valence-corrected chi connectivity index (χ0v) is 28.5. The predicted molar refractivity (Wildman–Crippen MR) is 182 cm³/mol. The maximum Gasteiger partial charge on any atom is 0.410 e. The van der Waals surface area contributed by atoms with Crippen molar-refractivity contribution in [3.05, 3.63) is 84.8 Å². The number of nitrogens with two attached hydrogens (primary N) is 1. The normalized spacial score (nSPS) is 14.9. The Morgan fingerprint density at radius 1 is 0.833 bits per heavy atom. The van der Waals surface area contributed by atoms with Crippen LogP contribution in [0.5, 0.6) is 0 Å². The number of rotatable bonds is 5. The van der Waals surface area contributed by atoms with E-state index in [1.165, 1.54) is 6.07 Å². The van der Waals surface area contributed by atoms with E-state index in [-0.39, 0.29) is 18.0 Å². The minimum absolute atomic E-state index is 0.0551. The van der Waals surface area contributed by atoms with Crippen LogP contribution in [0.3, 0.4) is 0 Å². The standard InChI is InChI=1S/C35H38N6O6S/c1-33(2,3)46-31(42)39-35(20-40(21-35)32(43)47-34(4,5)6)24-13-11-22(12-14-24)23-17-37-30-28(18-38-41(30)19-23)26-15-16-29(48(36,44)45)27-10-8-7-9-25(26)27/h7-19H,20-21H2,1-6H3,(H,39,42)(H2,36,44,45). The fraction of sp³-hybridized carbons (Fsp3) is 0.314. The highest BCUT2D eigenvalue weighted by Crippen LogP contribution is 2.37. The molecule has 1 aliphatic heterocycles. The van der Waals surface area contributed by atoms with Gasteiger partial charge in [-0.25, -0.2) is 32.6 Å². The second-order valence-corrected chi connectivity index (χ2v) is 15.5. The number of hydrogen-bond donors (Lipinski definition) is 2. The van der Waals surface area contributed by atoms with Crippen LogP contribution in [0.15, 0.2) is 84.1 Å². The SMILES string of the molecule is CC(C)(C)OC(=O)NC1(c2ccc(-c3cnc4c(-c5ccc(S(N)(=O)=O)c6ccccc56)cnn4c3)cc2)CN(C(=O)OC(C)(C)C)C1. The number of nitrogens with zero attached hydrogens (tertiary/aromatic N) is 4. The van der Waals surface area contributed by atoms with E-state index in [1.54, 1.807) is 60.8 Å². The van der Waals surface area contributed by atoms with E-state index in [2.05, 4.69) is 10.4 Å². The second-order valence-electron chi connectivity index (χ2n) is 14.0. The van der Waals surface area contributed by atoms with Gasteiger partial charge in [0.1, 0.15) is 16.7 Å². The van der Waals surface area contributed by atoms with Gasteiger partial charge in [0.25, 0.3) is 0 Å². The Morgan fingerprint density at radius 2 is 1.48 bits per heavy atom. The summed E-state index contributed by atoms with van der Waals surface area (Å²) in [5.74, 6) is 0. The van der Waals surface area contributed by atoms with Gasteiger partial charge in [-0.3, -0.25) is 0 Å². The minimum atomic E-state index is -3.92. The number of sulfonamides is 1. The number of primary sulfonamides is 1. The smallest absolute Gasteiger partial charge is 0.410 e. The number of fused-ring (bicyclic) bond motifs is 2. The van der Waals surface area contributed by atoms with E-state index in [1.807, 2.05) is 63.4 Å². The lowest BCUT2D eigenvalue weighted by atomic mass is 9.82. The Balaban J connectivity index is 1.29. The summed E-state index contributed by atoms with van der Waals surface area (Å²) in [7, 11) is -3.92. The van der Waals surface area contributed by atoms with E-state index in [9.17, 15) is 18.0 Å². The van der Waals surface area contributed by atoms with Crippen molar-refractivity contribution in [3.63, 3.8) is 0 Å². The molecule has 3 heterocycles. The number of nitrogens with one attached hydrogen (secondary N) is 1. The van der Waals surface area contributed by atoms with Crippen LogP contribution < -0.4 is 10.5 Å². The first-order valence-electron chi connectivity index (χ1n) is 15.4. The zero-order chi connectivity index (χ0) is 34.6. The molecule has 0 spiro atoms. The number of benzene rings is 3. The van der Waals surface area contributed by atoms with Crippen molar-refractivity contribution in [2.24, 2.45) is 5.14 Å². The number of likely N-dealkylation sites (tertiary alicyclic amines) is 1. The molecule has 3 aromatic carbocycles. The van der Waals surface area contributed by atoms with Crippen molar-refractivity contribution in [3.8, 4) is 22.3 Å². The lowest BCUT2D eigenvalue weighted by Gasteiger charge is -2.50. The van der Waals surface area contributed by atoms with E-state index < -0.39 is 39.0 Å². The lowest BCUT2D eigenvalue weighted by Crippen LogP contribution is -2.69. The Morgan fingerprint density at radius 3 is 2.10 bits per heavy atom. The molecule has 250 valence electrons. The molecule has 12 nitrogen and oxygen atoms in total. The van der Waals surface area contributed by atoms with Crippen molar-refractivity contribution < 1.29 is 27.5 Å². The average Bonchev–Trinajstić information content (AvgIpc) is 3.39. The van der Waals surface area contributed by atoms with Crippen LogP contribution in [-0.2, 0) is 25.0 Å². The Kier molecular flexibility index (Phi) is 7.95. The van der Waals surface area contributed by atoms with E-state index in [4.69, 9.17) is 19.6 Å². The van der Waals surface area contributed by atoms with Crippen LogP contribution in [0, 0.1) is 0 Å². The number of carbonyl (C=O) groups excluding carboxylic acids is 2. The molecule has 0 aliphatic carbocycles. The third-order valence-corrected chi connectivity index (χ3v) is 8.89. The summed E-state index contributed by atoms with van der Waals surface area (Å²) in [4.78, 5) is 32.0. The number of ether oxygens (including phenoxy) is 2. The molecule has 0 saturated carbocycles. The first-order valence-corrected chi connectivity index (χ1v) is 17.0. The fourth-order valence-electron chi connectivity index (χ4n) is 5.84. The van der Waals surface area contributed by atoms with Gasteiger partial charge in [-0.1, -0.05) is 54.6 Å². The van der Waals surface area contributed by atoms with Crippen molar-refractivity contribution in [1.29, 1.82) is 0 Å². The number of aromatic nitrogens is 3. The molecule has 0 atom stereocenters. The topological polar surface area (TPSA) is 158 Å². The van der Waals surface area contributed by atoms with Crippen LogP contribution >= 0.6 is 0 Å².